The molecule has 0 saturated heterocycles. The van der Waals surface area contributed by atoms with Gasteiger partial charge in [0.25, 0.3) is 0 Å². The lowest BCUT2D eigenvalue weighted by atomic mass is 10.1. The molecule has 1 aromatic carbocycles. The highest BCUT2D eigenvalue weighted by molar-refractivity contribution is 7.91. The molecule has 0 unspecified atom stereocenters. The highest BCUT2D eigenvalue weighted by Crippen LogP contribution is 2.28. The normalized spacial score (nSPS) is 12.2. The van der Waals surface area contributed by atoms with E-state index in [1.54, 1.807) is 18.2 Å². The number of halogens is 1. The molecule has 1 N–H and O–H groups in total. The summed E-state index contributed by atoms with van der Waals surface area (Å²) >= 11 is 5.97. The van der Waals surface area contributed by atoms with Crippen LogP contribution in [-0.2, 0) is 14.6 Å². The molecule has 0 spiro atoms. The van der Waals surface area contributed by atoms with Crippen molar-refractivity contribution in [3.05, 3.63) is 47.1 Å². The predicted octanol–water partition coefficient (Wildman–Crippen LogP) is 2.53. The zero-order chi connectivity index (χ0) is 16.2. The smallest absolute Gasteiger partial charge is 0.201 e. The van der Waals surface area contributed by atoms with Gasteiger partial charge in [0, 0.05) is 11.8 Å². The number of nitrogens with one attached hydrogen (secondary N) is 1. The van der Waals surface area contributed by atoms with Gasteiger partial charge in [-0.05, 0) is 30.3 Å². The molecule has 0 saturated carbocycles. The summed E-state index contributed by atoms with van der Waals surface area (Å²) < 4.78 is 34.6. The maximum absolute atomic E-state index is 12.1. The van der Waals surface area contributed by atoms with Crippen LogP contribution in [0.25, 0.3) is 5.76 Å². The van der Waals surface area contributed by atoms with Gasteiger partial charge >= 0.3 is 0 Å². The van der Waals surface area contributed by atoms with E-state index in [2.05, 4.69) is 10.2 Å². The summed E-state index contributed by atoms with van der Waals surface area (Å²) in [5.74, 6) is 0.665. The van der Waals surface area contributed by atoms with Crippen molar-refractivity contribution < 1.29 is 17.9 Å². The van der Waals surface area contributed by atoms with Gasteiger partial charge in [0.15, 0.2) is 5.03 Å². The molecule has 0 bridgehead atoms. The molecule has 0 aliphatic heterocycles. The highest BCUT2D eigenvalue weighted by Gasteiger charge is 2.16. The number of nitrogens with zero attached hydrogens (tertiary/aromatic N) is 1. The van der Waals surface area contributed by atoms with Crippen molar-refractivity contribution in [1.29, 1.82) is 0 Å². The number of hydrogen-bond donors (Lipinski definition) is 1. The molecule has 1 heterocycles. The van der Waals surface area contributed by atoms with E-state index in [1.165, 1.54) is 32.6 Å². The second-order valence-corrected chi connectivity index (χ2v) is 6.70. The second kappa shape index (κ2) is 6.85. The standard InChI is InChI=1S/C14H15ClN2O4S/c1-20-12(10-3-4-11(15)13(9-10)21-2)6-8-22(18,19)14-5-7-16-17-14/h3-7,9H,8H2,1-2H3,(H,16,17). The molecular formula is C14H15ClN2O4S. The fraction of sp³-hybridized carbons (Fsp3) is 0.214. The maximum Gasteiger partial charge on any atom is 0.201 e. The summed E-state index contributed by atoms with van der Waals surface area (Å²) in [7, 11) is -0.540. The van der Waals surface area contributed by atoms with E-state index in [0.29, 0.717) is 22.1 Å². The lowest BCUT2D eigenvalue weighted by Gasteiger charge is -2.09. The van der Waals surface area contributed by atoms with Gasteiger partial charge < -0.3 is 9.47 Å². The molecule has 0 aliphatic rings. The Morgan fingerprint density at radius 3 is 2.73 bits per heavy atom. The van der Waals surface area contributed by atoms with E-state index in [4.69, 9.17) is 21.1 Å². The molecule has 2 aromatic rings. The van der Waals surface area contributed by atoms with Gasteiger partial charge in [-0.1, -0.05) is 11.6 Å². The lowest BCUT2D eigenvalue weighted by molar-refractivity contribution is 0.368. The van der Waals surface area contributed by atoms with Crippen LogP contribution in [0.1, 0.15) is 5.56 Å². The first-order valence-corrected chi connectivity index (χ1v) is 8.31. The molecule has 22 heavy (non-hydrogen) atoms. The molecule has 0 atom stereocenters. The van der Waals surface area contributed by atoms with Gasteiger partial charge in [-0.25, -0.2) is 8.42 Å². The number of aromatic nitrogens is 2. The van der Waals surface area contributed by atoms with Crippen molar-refractivity contribution in [2.75, 3.05) is 20.0 Å². The van der Waals surface area contributed by atoms with Crippen molar-refractivity contribution in [3.8, 4) is 5.75 Å². The summed E-state index contributed by atoms with van der Waals surface area (Å²) in [5, 5.41) is 6.62. The van der Waals surface area contributed by atoms with Gasteiger partial charge in [0.2, 0.25) is 9.84 Å². The number of hydrogen-bond acceptors (Lipinski definition) is 5. The van der Waals surface area contributed by atoms with E-state index in [9.17, 15) is 8.42 Å². The van der Waals surface area contributed by atoms with Crippen LogP contribution in [0.4, 0.5) is 0 Å². The molecule has 2 rings (SSSR count). The minimum Gasteiger partial charge on any atom is -0.496 e. The number of rotatable bonds is 6. The Hall–Kier alpha value is -1.99. The van der Waals surface area contributed by atoms with Gasteiger partial charge in [-0.15, -0.1) is 0 Å². The third-order valence-electron chi connectivity index (χ3n) is 2.94. The first kappa shape index (κ1) is 16.4. The Balaban J connectivity index is 2.28. The molecular weight excluding hydrogens is 328 g/mol. The van der Waals surface area contributed by atoms with E-state index in [0.717, 1.165) is 0 Å². The van der Waals surface area contributed by atoms with Crippen LogP contribution in [0.15, 0.2) is 41.6 Å². The number of aromatic amines is 1. The fourth-order valence-electron chi connectivity index (χ4n) is 1.82. The number of ether oxygens (including phenoxy) is 2. The minimum atomic E-state index is -3.51. The first-order valence-electron chi connectivity index (χ1n) is 6.28. The third kappa shape index (κ3) is 3.61. The first-order chi connectivity index (χ1) is 10.5. The van der Waals surface area contributed by atoms with Gasteiger partial charge in [-0.3, -0.25) is 5.10 Å². The largest absolute Gasteiger partial charge is 0.496 e. The Bertz CT molecular complexity index is 770. The summed E-state index contributed by atoms with van der Waals surface area (Å²) in [6, 6.07) is 6.46. The topological polar surface area (TPSA) is 81.3 Å². The van der Waals surface area contributed by atoms with Crippen molar-refractivity contribution in [3.63, 3.8) is 0 Å². The van der Waals surface area contributed by atoms with Crippen molar-refractivity contribution in [1.82, 2.24) is 10.2 Å². The van der Waals surface area contributed by atoms with E-state index < -0.39 is 9.84 Å². The average molecular weight is 343 g/mol. The molecule has 0 fully saturated rings. The minimum absolute atomic E-state index is 0.00658. The molecule has 118 valence electrons. The van der Waals surface area contributed by atoms with E-state index in [-0.39, 0.29) is 10.8 Å². The highest BCUT2D eigenvalue weighted by atomic mass is 35.5. The Kier molecular flexibility index (Phi) is 5.10. The van der Waals surface area contributed by atoms with Gasteiger partial charge in [0.05, 0.1) is 25.0 Å². The quantitative estimate of drug-likeness (QED) is 0.816. The average Bonchev–Trinajstić information content (AvgIpc) is 3.04. The molecule has 8 heteroatoms. The third-order valence-corrected chi connectivity index (χ3v) is 4.72. The zero-order valence-electron chi connectivity index (χ0n) is 12.0. The second-order valence-electron chi connectivity index (χ2n) is 4.32. The van der Waals surface area contributed by atoms with Crippen molar-refractivity contribution >= 4 is 27.2 Å². The van der Waals surface area contributed by atoms with Crippen LogP contribution in [0, 0.1) is 0 Å². The fourth-order valence-corrected chi connectivity index (χ4v) is 3.03. The van der Waals surface area contributed by atoms with Crippen LogP contribution >= 0.6 is 11.6 Å². The molecule has 0 amide bonds. The van der Waals surface area contributed by atoms with Crippen LogP contribution in [0.5, 0.6) is 5.75 Å². The maximum atomic E-state index is 12.1. The van der Waals surface area contributed by atoms with Crippen LogP contribution in [-0.4, -0.2) is 38.6 Å². The Morgan fingerprint density at radius 1 is 1.36 bits per heavy atom. The number of H-pyrrole nitrogens is 1. The Morgan fingerprint density at radius 2 is 2.14 bits per heavy atom. The van der Waals surface area contributed by atoms with Crippen LogP contribution in [0.3, 0.4) is 0 Å². The van der Waals surface area contributed by atoms with E-state index in [1.807, 2.05) is 0 Å². The molecule has 0 radical (unpaired) electrons. The van der Waals surface area contributed by atoms with Crippen LogP contribution < -0.4 is 4.74 Å². The monoisotopic (exact) mass is 342 g/mol. The van der Waals surface area contributed by atoms with Gasteiger partial charge in [0.1, 0.15) is 11.5 Å². The Labute approximate surface area is 133 Å². The summed E-state index contributed by atoms with van der Waals surface area (Å²) in [6.07, 6.45) is 2.94. The predicted molar refractivity (Wildman–Crippen MR) is 83.6 cm³/mol. The van der Waals surface area contributed by atoms with Crippen LogP contribution in [0.2, 0.25) is 5.02 Å². The number of methoxy groups -OCH3 is 2. The summed E-state index contributed by atoms with van der Waals surface area (Å²) in [5.41, 5.74) is 0.668. The number of sulfone groups is 1. The van der Waals surface area contributed by atoms with E-state index >= 15 is 0 Å². The lowest BCUT2D eigenvalue weighted by Crippen LogP contribution is -2.06. The SMILES string of the molecule is COC(=CCS(=O)(=O)c1cc[nH]n1)c1ccc(Cl)c(OC)c1. The number of benzene rings is 1. The molecule has 0 aliphatic carbocycles. The van der Waals surface area contributed by atoms with Crippen molar-refractivity contribution in [2.45, 2.75) is 5.03 Å². The van der Waals surface area contributed by atoms with Crippen molar-refractivity contribution in [2.24, 2.45) is 0 Å². The zero-order valence-corrected chi connectivity index (χ0v) is 13.6. The van der Waals surface area contributed by atoms with Gasteiger partial charge in [-0.2, -0.15) is 5.10 Å². The molecule has 1 aromatic heterocycles. The summed E-state index contributed by atoms with van der Waals surface area (Å²) in [6.45, 7) is 0. The molecule has 6 nitrogen and oxygen atoms in total. The summed E-state index contributed by atoms with van der Waals surface area (Å²) in [4.78, 5) is 0.